The van der Waals surface area contributed by atoms with Crippen LogP contribution < -0.4 is 0 Å². The smallest absolute Gasteiger partial charge is 0.183 e. The highest BCUT2D eigenvalue weighted by Gasteiger charge is 2.22. The molecule has 0 bridgehead atoms. The number of fused-ring (bicyclic) bond motifs is 1. The lowest BCUT2D eigenvalue weighted by Crippen LogP contribution is -2.38. The number of rotatable bonds is 1. The van der Waals surface area contributed by atoms with Gasteiger partial charge in [-0.1, -0.05) is 18.9 Å². The monoisotopic (exact) mass is 193 g/mol. The fourth-order valence-electron chi connectivity index (χ4n) is 1.56. The maximum absolute atomic E-state index is 4.52. The zero-order valence-electron chi connectivity index (χ0n) is 9.23. The average Bonchev–Trinajstić information content (AvgIpc) is 2.45. The summed E-state index contributed by atoms with van der Waals surface area (Å²) in [5, 5.41) is 4.40. The van der Waals surface area contributed by atoms with Gasteiger partial charge in [0.25, 0.3) is 0 Å². The quantitative estimate of drug-likeness (QED) is 0.620. The van der Waals surface area contributed by atoms with Gasteiger partial charge in [-0.25, -0.2) is 4.98 Å². The van der Waals surface area contributed by atoms with Crippen molar-refractivity contribution in [1.82, 2.24) is 9.55 Å². The first kappa shape index (κ1) is 9.40. The lowest BCUT2D eigenvalue weighted by molar-refractivity contribution is -0.919. The van der Waals surface area contributed by atoms with Crippen molar-refractivity contribution < 1.29 is 4.59 Å². The van der Waals surface area contributed by atoms with Crippen molar-refractivity contribution in [3.63, 3.8) is 0 Å². The topological polar surface area (TPSA) is 30.2 Å². The molecule has 0 N–H and O–H groups in total. The number of quaternary nitrogens is 1. The van der Waals surface area contributed by atoms with E-state index in [1.54, 1.807) is 0 Å². The summed E-state index contributed by atoms with van der Waals surface area (Å²) < 4.78 is 2.81. The van der Waals surface area contributed by atoms with Gasteiger partial charge < -0.3 is 0 Å². The van der Waals surface area contributed by atoms with Gasteiger partial charge in [0.15, 0.2) is 12.5 Å². The van der Waals surface area contributed by atoms with Crippen LogP contribution in [0.5, 0.6) is 0 Å². The first-order valence-corrected chi connectivity index (χ1v) is 4.93. The first-order valence-electron chi connectivity index (χ1n) is 4.93. The summed E-state index contributed by atoms with van der Waals surface area (Å²) in [6.07, 6.45) is 3.99. The molecule has 4 nitrogen and oxygen atoms in total. The highest BCUT2D eigenvalue weighted by atomic mass is 15.6. The van der Waals surface area contributed by atoms with Crippen molar-refractivity contribution in [2.24, 2.45) is 5.10 Å². The second-order valence-electron chi connectivity index (χ2n) is 4.66. The molecule has 0 amide bonds. The standard InChI is InChI=1S/C10H17N4/c1-8(2)9-6-13-7-14(3,4)11-5-10(13)12-9/h5-6,8H,7H2,1-4H3/q+1. The minimum absolute atomic E-state index is 0.483. The Bertz CT molecular complexity index is 373. The van der Waals surface area contributed by atoms with E-state index in [1.807, 2.05) is 6.21 Å². The summed E-state index contributed by atoms with van der Waals surface area (Å²) >= 11 is 0. The minimum Gasteiger partial charge on any atom is -0.280 e. The van der Waals surface area contributed by atoms with Crippen LogP contribution in [0.4, 0.5) is 0 Å². The molecule has 0 unspecified atom stereocenters. The normalized spacial score (nSPS) is 18.6. The summed E-state index contributed by atoms with van der Waals surface area (Å²) in [7, 11) is 4.16. The van der Waals surface area contributed by atoms with Crippen LogP contribution >= 0.6 is 0 Å². The van der Waals surface area contributed by atoms with E-state index in [0.29, 0.717) is 10.5 Å². The Hall–Kier alpha value is -1.16. The van der Waals surface area contributed by atoms with Crippen LogP contribution in [0, 0.1) is 0 Å². The van der Waals surface area contributed by atoms with E-state index < -0.39 is 0 Å². The predicted molar refractivity (Wildman–Crippen MR) is 56.0 cm³/mol. The summed E-state index contributed by atoms with van der Waals surface area (Å²) in [5.74, 6) is 1.46. The van der Waals surface area contributed by atoms with Gasteiger partial charge in [-0.15, -0.1) is 0 Å². The number of hydrogen-bond donors (Lipinski definition) is 0. The van der Waals surface area contributed by atoms with Crippen LogP contribution in [-0.2, 0) is 6.67 Å². The fraction of sp³-hybridized carbons (Fsp3) is 0.600. The zero-order valence-corrected chi connectivity index (χ0v) is 9.23. The lowest BCUT2D eigenvalue weighted by Gasteiger charge is -2.25. The maximum atomic E-state index is 4.52. The van der Waals surface area contributed by atoms with Gasteiger partial charge in [0, 0.05) is 6.20 Å². The Morgan fingerprint density at radius 3 is 2.79 bits per heavy atom. The summed E-state index contributed by atoms with van der Waals surface area (Å²) in [4.78, 5) is 4.52. The van der Waals surface area contributed by atoms with Crippen LogP contribution in [-0.4, -0.2) is 34.5 Å². The zero-order chi connectivity index (χ0) is 10.3. The van der Waals surface area contributed by atoms with E-state index in [1.165, 1.54) is 0 Å². The Balaban J connectivity index is 2.37. The molecule has 1 aromatic heterocycles. The summed E-state index contributed by atoms with van der Waals surface area (Å²) in [5.41, 5.74) is 1.15. The highest BCUT2D eigenvalue weighted by molar-refractivity contribution is 5.74. The summed E-state index contributed by atoms with van der Waals surface area (Å²) in [6.45, 7) is 5.18. The first-order chi connectivity index (χ1) is 6.48. The highest BCUT2D eigenvalue weighted by Crippen LogP contribution is 2.17. The second-order valence-corrected chi connectivity index (χ2v) is 4.66. The number of nitrogens with zero attached hydrogens (tertiary/aromatic N) is 4. The Kier molecular flexibility index (Phi) is 1.96. The van der Waals surface area contributed by atoms with E-state index in [0.717, 1.165) is 18.2 Å². The Labute approximate surface area is 84.5 Å². The average molecular weight is 193 g/mol. The van der Waals surface area contributed by atoms with Gasteiger partial charge >= 0.3 is 0 Å². The molecule has 0 aliphatic carbocycles. The maximum Gasteiger partial charge on any atom is 0.183 e. The molecular weight excluding hydrogens is 176 g/mol. The fourth-order valence-corrected chi connectivity index (χ4v) is 1.56. The van der Waals surface area contributed by atoms with Crippen molar-refractivity contribution in [1.29, 1.82) is 0 Å². The molecule has 2 rings (SSSR count). The number of imidazole rings is 1. The van der Waals surface area contributed by atoms with Crippen LogP contribution in [0.1, 0.15) is 31.3 Å². The van der Waals surface area contributed by atoms with E-state index >= 15 is 0 Å². The van der Waals surface area contributed by atoms with Crippen LogP contribution in [0.3, 0.4) is 0 Å². The van der Waals surface area contributed by atoms with Gasteiger partial charge in [-0.05, 0) is 5.92 Å². The van der Waals surface area contributed by atoms with E-state index in [9.17, 15) is 0 Å². The molecule has 2 heterocycles. The lowest BCUT2D eigenvalue weighted by atomic mass is 10.2. The molecule has 0 saturated heterocycles. The molecule has 76 valence electrons. The number of aromatic nitrogens is 2. The molecule has 4 heteroatoms. The molecule has 0 aromatic carbocycles. The molecule has 14 heavy (non-hydrogen) atoms. The van der Waals surface area contributed by atoms with Crippen LogP contribution in [0.15, 0.2) is 11.3 Å². The van der Waals surface area contributed by atoms with E-state index in [-0.39, 0.29) is 0 Å². The van der Waals surface area contributed by atoms with Crippen molar-refractivity contribution in [2.45, 2.75) is 26.4 Å². The van der Waals surface area contributed by atoms with E-state index in [4.69, 9.17) is 0 Å². The molecule has 0 saturated carbocycles. The van der Waals surface area contributed by atoms with Gasteiger partial charge in [0.05, 0.1) is 19.8 Å². The molecule has 0 fully saturated rings. The molecule has 1 aliphatic heterocycles. The molecule has 1 aliphatic rings. The van der Waals surface area contributed by atoms with E-state index in [2.05, 4.69) is 48.8 Å². The second kappa shape index (κ2) is 2.92. The van der Waals surface area contributed by atoms with Gasteiger partial charge in [-0.2, -0.15) is 4.59 Å². The number of hydrogen-bond acceptors (Lipinski definition) is 2. The van der Waals surface area contributed by atoms with Crippen LogP contribution in [0.25, 0.3) is 0 Å². The van der Waals surface area contributed by atoms with Gasteiger partial charge in [0.2, 0.25) is 0 Å². The molecule has 0 atom stereocenters. The Morgan fingerprint density at radius 1 is 1.43 bits per heavy atom. The third-order valence-electron chi connectivity index (χ3n) is 2.40. The van der Waals surface area contributed by atoms with Gasteiger partial charge in [0.1, 0.15) is 6.21 Å². The van der Waals surface area contributed by atoms with Gasteiger partial charge in [-0.3, -0.25) is 4.57 Å². The predicted octanol–water partition coefficient (Wildman–Crippen LogP) is 1.39. The third kappa shape index (κ3) is 1.57. The van der Waals surface area contributed by atoms with Crippen LogP contribution in [0.2, 0.25) is 0 Å². The molecule has 0 spiro atoms. The molecule has 1 aromatic rings. The largest absolute Gasteiger partial charge is 0.280 e. The van der Waals surface area contributed by atoms with Crippen molar-refractivity contribution in [3.8, 4) is 0 Å². The Morgan fingerprint density at radius 2 is 2.14 bits per heavy atom. The van der Waals surface area contributed by atoms with Crippen molar-refractivity contribution in [2.75, 3.05) is 14.1 Å². The van der Waals surface area contributed by atoms with Crippen molar-refractivity contribution in [3.05, 3.63) is 17.7 Å². The van der Waals surface area contributed by atoms with Crippen molar-refractivity contribution >= 4 is 6.21 Å². The third-order valence-corrected chi connectivity index (χ3v) is 2.40. The minimum atomic E-state index is 0.483. The molecule has 0 radical (unpaired) electrons. The summed E-state index contributed by atoms with van der Waals surface area (Å²) in [6, 6.07) is 0. The SMILES string of the molecule is CC(C)c1cn2c(n1)C=N[N+](C)(C)C2. The molecular formula is C10H17N4+.